The quantitative estimate of drug-likeness (QED) is 0.212. The predicted molar refractivity (Wildman–Crippen MR) is 144 cm³/mol. The molecule has 1 heterocycles. The molecule has 3 rings (SSSR count). The van der Waals surface area contributed by atoms with E-state index >= 15 is 0 Å². The second-order valence-electron chi connectivity index (χ2n) is 7.80. The Kier molecular flexibility index (Phi) is 9.97. The van der Waals surface area contributed by atoms with Gasteiger partial charge < -0.3 is 29.6 Å². The van der Waals surface area contributed by atoms with Crippen LogP contribution in [0, 0.1) is 0 Å². The summed E-state index contributed by atoms with van der Waals surface area (Å²) in [7, 11) is 2.94. The number of halogens is 2. The second kappa shape index (κ2) is 13.2. The molecule has 0 saturated heterocycles. The molecule has 11 nitrogen and oxygen atoms in total. The number of carbonyl (C=O) groups excluding carboxylic acids is 3. The summed E-state index contributed by atoms with van der Waals surface area (Å²) in [6.45, 7) is 3.15. The minimum absolute atomic E-state index is 0.184. The molecule has 0 unspecified atom stereocenters. The molecule has 0 fully saturated rings. The Labute approximate surface area is 232 Å². The van der Waals surface area contributed by atoms with E-state index < -0.39 is 23.9 Å². The number of urea groups is 1. The molecule has 1 aliphatic heterocycles. The number of carbonyl (C=O) groups is 3. The summed E-state index contributed by atoms with van der Waals surface area (Å²) in [4.78, 5) is 36.9. The van der Waals surface area contributed by atoms with Crippen LogP contribution in [0.5, 0.6) is 17.2 Å². The lowest BCUT2D eigenvalue weighted by Gasteiger charge is -2.28. The summed E-state index contributed by atoms with van der Waals surface area (Å²) in [5.41, 5.74) is 4.22. The fourth-order valence-corrected chi connectivity index (χ4v) is 4.67. The summed E-state index contributed by atoms with van der Waals surface area (Å²) >= 11 is 9.51. The van der Waals surface area contributed by atoms with Crippen LogP contribution in [0.4, 0.5) is 4.79 Å². The van der Waals surface area contributed by atoms with Gasteiger partial charge in [-0.15, -0.1) is 0 Å². The van der Waals surface area contributed by atoms with Crippen molar-refractivity contribution in [3.05, 3.63) is 62.2 Å². The molecular formula is C25H26BrClN4O7. The maximum Gasteiger partial charge on any atom is 0.338 e. The van der Waals surface area contributed by atoms with Crippen LogP contribution >= 0.6 is 27.5 Å². The number of nitrogens with one attached hydrogen (secondary N) is 3. The van der Waals surface area contributed by atoms with Gasteiger partial charge in [-0.2, -0.15) is 5.10 Å². The number of ether oxygens (including phenoxy) is 4. The molecule has 3 amide bonds. The summed E-state index contributed by atoms with van der Waals surface area (Å²) in [5.74, 6) is 0.000189. The first-order valence-electron chi connectivity index (χ1n) is 11.3. The summed E-state index contributed by atoms with van der Waals surface area (Å²) < 4.78 is 22.0. The lowest BCUT2D eigenvalue weighted by atomic mass is 9.95. The van der Waals surface area contributed by atoms with Crippen LogP contribution in [0.25, 0.3) is 0 Å². The Bertz CT molecular complexity index is 1280. The van der Waals surface area contributed by atoms with Crippen molar-refractivity contribution in [1.29, 1.82) is 0 Å². The molecule has 2 aromatic carbocycles. The van der Waals surface area contributed by atoms with E-state index in [0.717, 1.165) is 0 Å². The molecule has 0 aromatic heterocycles. The molecule has 38 heavy (non-hydrogen) atoms. The lowest BCUT2D eigenvalue weighted by Crippen LogP contribution is -2.45. The number of hydrazone groups is 1. The summed E-state index contributed by atoms with van der Waals surface area (Å²) in [6, 6.07) is 6.99. The molecule has 0 aliphatic carbocycles. The van der Waals surface area contributed by atoms with Gasteiger partial charge in [0.25, 0.3) is 5.91 Å². The van der Waals surface area contributed by atoms with E-state index in [1.807, 2.05) is 0 Å². The second-order valence-corrected chi connectivity index (χ2v) is 9.06. The number of methoxy groups -OCH3 is 2. The van der Waals surface area contributed by atoms with Crippen molar-refractivity contribution in [2.24, 2.45) is 5.10 Å². The maximum atomic E-state index is 12.5. The standard InChI is InChI=1S/C25H26BrClN4O7/c1-5-37-24(33)21-13(2)29-25(34)30-22(21)15-6-7-18(19(10-15)35-3)38-12-20(32)31-28-11-14-8-16(26)23(36-4)17(27)9-14/h6-11,22H,5,12H2,1-4H3,(H,31,32)(H2,29,30,34)/b28-11-/t22-/m0/s1. The average molecular weight is 610 g/mol. The topological polar surface area (TPSA) is 137 Å². The van der Waals surface area contributed by atoms with Crippen LogP contribution in [0.2, 0.25) is 5.02 Å². The highest BCUT2D eigenvalue weighted by atomic mass is 79.9. The average Bonchev–Trinajstić information content (AvgIpc) is 2.86. The summed E-state index contributed by atoms with van der Waals surface area (Å²) in [5, 5.41) is 9.60. The molecule has 0 bridgehead atoms. The number of amides is 3. The molecule has 1 atom stereocenters. The third-order valence-corrected chi connectivity index (χ3v) is 6.14. The number of rotatable bonds is 10. The van der Waals surface area contributed by atoms with Crippen molar-refractivity contribution in [2.75, 3.05) is 27.4 Å². The van der Waals surface area contributed by atoms with Gasteiger partial charge in [0.15, 0.2) is 23.9 Å². The van der Waals surface area contributed by atoms with E-state index in [9.17, 15) is 14.4 Å². The van der Waals surface area contributed by atoms with Gasteiger partial charge in [-0.1, -0.05) is 17.7 Å². The lowest BCUT2D eigenvalue weighted by molar-refractivity contribution is -0.139. The van der Waals surface area contributed by atoms with E-state index in [0.29, 0.717) is 37.8 Å². The number of hydrogen-bond donors (Lipinski definition) is 3. The Morgan fingerprint density at radius 2 is 1.95 bits per heavy atom. The van der Waals surface area contributed by atoms with Crippen LogP contribution in [0.1, 0.15) is 31.0 Å². The smallest absolute Gasteiger partial charge is 0.338 e. The van der Waals surface area contributed by atoms with E-state index in [4.69, 9.17) is 30.5 Å². The van der Waals surface area contributed by atoms with Crippen LogP contribution in [0.15, 0.2) is 51.2 Å². The van der Waals surface area contributed by atoms with Gasteiger partial charge in [-0.25, -0.2) is 15.0 Å². The summed E-state index contributed by atoms with van der Waals surface area (Å²) in [6.07, 6.45) is 1.42. The van der Waals surface area contributed by atoms with Gasteiger partial charge in [-0.3, -0.25) is 4.79 Å². The van der Waals surface area contributed by atoms with Crippen LogP contribution < -0.4 is 30.3 Å². The Morgan fingerprint density at radius 3 is 2.61 bits per heavy atom. The minimum atomic E-state index is -0.769. The third-order valence-electron chi connectivity index (χ3n) is 5.27. The molecule has 1 aliphatic rings. The first kappa shape index (κ1) is 28.8. The fourth-order valence-electron chi connectivity index (χ4n) is 3.61. The van der Waals surface area contributed by atoms with Gasteiger partial charge in [0.2, 0.25) is 0 Å². The van der Waals surface area contributed by atoms with Crippen molar-refractivity contribution in [1.82, 2.24) is 16.1 Å². The number of esters is 1. The van der Waals surface area contributed by atoms with Crippen molar-refractivity contribution < 1.29 is 33.3 Å². The molecule has 0 saturated carbocycles. The van der Waals surface area contributed by atoms with E-state index in [-0.39, 0.29) is 24.5 Å². The molecule has 202 valence electrons. The van der Waals surface area contributed by atoms with E-state index in [1.165, 1.54) is 20.4 Å². The highest BCUT2D eigenvalue weighted by Crippen LogP contribution is 2.35. The zero-order chi connectivity index (χ0) is 27.8. The molecule has 3 N–H and O–H groups in total. The Balaban J connectivity index is 1.68. The monoisotopic (exact) mass is 608 g/mol. The van der Waals surface area contributed by atoms with Crippen LogP contribution in [-0.4, -0.2) is 51.6 Å². The first-order chi connectivity index (χ1) is 18.2. The predicted octanol–water partition coefficient (Wildman–Crippen LogP) is 3.84. The van der Waals surface area contributed by atoms with Crippen LogP contribution in [0.3, 0.4) is 0 Å². The largest absolute Gasteiger partial charge is 0.494 e. The normalized spacial score (nSPS) is 15.0. The molecule has 2 aromatic rings. The third kappa shape index (κ3) is 6.95. The van der Waals surface area contributed by atoms with Crippen LogP contribution in [-0.2, 0) is 14.3 Å². The van der Waals surface area contributed by atoms with Crippen molar-refractivity contribution in [3.8, 4) is 17.2 Å². The number of hydrogen-bond acceptors (Lipinski definition) is 8. The maximum absolute atomic E-state index is 12.5. The van der Waals surface area contributed by atoms with Gasteiger partial charge in [0.05, 0.1) is 48.2 Å². The SMILES string of the molecule is CCOC(=O)C1=C(C)NC(=O)N[C@H]1c1ccc(OCC(=O)N/N=C\c2cc(Cl)c(OC)c(Br)c2)c(OC)c1. The van der Waals surface area contributed by atoms with Crippen molar-refractivity contribution in [3.63, 3.8) is 0 Å². The fraction of sp³-hybridized carbons (Fsp3) is 0.280. The highest BCUT2D eigenvalue weighted by Gasteiger charge is 2.32. The first-order valence-corrected chi connectivity index (χ1v) is 12.5. The minimum Gasteiger partial charge on any atom is -0.494 e. The zero-order valence-corrected chi connectivity index (χ0v) is 23.4. The molecule has 0 radical (unpaired) electrons. The van der Waals surface area contributed by atoms with Gasteiger partial charge in [0.1, 0.15) is 0 Å². The van der Waals surface area contributed by atoms with Crippen molar-refractivity contribution in [2.45, 2.75) is 19.9 Å². The van der Waals surface area contributed by atoms with Gasteiger partial charge >= 0.3 is 12.0 Å². The van der Waals surface area contributed by atoms with E-state index in [2.05, 4.69) is 37.1 Å². The van der Waals surface area contributed by atoms with Crippen molar-refractivity contribution >= 4 is 51.7 Å². The molecular weight excluding hydrogens is 584 g/mol. The number of benzene rings is 2. The highest BCUT2D eigenvalue weighted by molar-refractivity contribution is 9.10. The van der Waals surface area contributed by atoms with Gasteiger partial charge in [-0.05, 0) is 65.2 Å². The number of allylic oxidation sites excluding steroid dienone is 1. The van der Waals surface area contributed by atoms with E-state index in [1.54, 1.807) is 44.2 Å². The van der Waals surface area contributed by atoms with Gasteiger partial charge in [0, 0.05) is 5.70 Å². The molecule has 13 heteroatoms. The Hall–Kier alpha value is -3.77. The number of nitrogens with zero attached hydrogens (tertiary/aromatic N) is 1. The Morgan fingerprint density at radius 1 is 1.18 bits per heavy atom. The molecule has 0 spiro atoms. The zero-order valence-electron chi connectivity index (χ0n) is 21.0.